The van der Waals surface area contributed by atoms with Gasteiger partial charge in [-0.2, -0.15) is 0 Å². The highest BCUT2D eigenvalue weighted by molar-refractivity contribution is 6.08. The molecule has 2 rings (SSSR count). The third kappa shape index (κ3) is 2.51. The van der Waals surface area contributed by atoms with Gasteiger partial charge in [0, 0.05) is 17.8 Å². The van der Waals surface area contributed by atoms with Crippen LogP contribution in [0.4, 0.5) is 18.9 Å². The van der Waals surface area contributed by atoms with Gasteiger partial charge in [-0.3, -0.25) is 4.79 Å². The van der Waals surface area contributed by atoms with Gasteiger partial charge in [0.2, 0.25) is 0 Å². The van der Waals surface area contributed by atoms with E-state index in [9.17, 15) is 28.2 Å². The van der Waals surface area contributed by atoms with E-state index >= 15 is 0 Å². The minimum absolute atomic E-state index is 0.353. The van der Waals surface area contributed by atoms with Crippen LogP contribution in [-0.2, 0) is 0 Å². The topological polar surface area (TPSA) is 69.6 Å². The number of phenolic OH excluding ortho intramolecular Hbond substituents is 2. The summed E-state index contributed by atoms with van der Waals surface area (Å²) in [5.41, 5.74) is -0.813. The van der Waals surface area contributed by atoms with Crippen molar-refractivity contribution < 1.29 is 28.2 Å². The largest absolute Gasteiger partial charge is 0.507 e. The number of aromatic hydroxyl groups is 2. The molecule has 0 bridgehead atoms. The quantitative estimate of drug-likeness (QED) is 0.742. The molecule has 3 N–H and O–H groups in total. The fourth-order valence-electron chi connectivity index (χ4n) is 1.58. The van der Waals surface area contributed by atoms with Gasteiger partial charge >= 0.3 is 0 Å². The second-order valence-corrected chi connectivity index (χ2v) is 3.88. The van der Waals surface area contributed by atoms with Gasteiger partial charge in [0.05, 0.1) is 0 Å². The van der Waals surface area contributed by atoms with Crippen LogP contribution in [0.25, 0.3) is 0 Å². The maximum absolute atomic E-state index is 13.0. The zero-order chi connectivity index (χ0) is 14.9. The maximum atomic E-state index is 13.0. The predicted molar refractivity (Wildman–Crippen MR) is 64.0 cm³/mol. The van der Waals surface area contributed by atoms with E-state index < -0.39 is 40.4 Å². The maximum Gasteiger partial charge on any atom is 0.263 e. The summed E-state index contributed by atoms with van der Waals surface area (Å²) in [5.74, 6) is -6.61. The molecule has 0 heterocycles. The molecular formula is C13H8F3NO3. The van der Waals surface area contributed by atoms with Crippen LogP contribution in [0.2, 0.25) is 0 Å². The molecule has 0 aromatic heterocycles. The van der Waals surface area contributed by atoms with Crippen molar-refractivity contribution in [2.75, 3.05) is 5.32 Å². The first-order valence-electron chi connectivity index (χ1n) is 5.37. The Bertz CT molecular complexity index is 645. The number of hydrogen-bond donors (Lipinski definition) is 3. The Labute approximate surface area is 111 Å². The Kier molecular flexibility index (Phi) is 3.51. The predicted octanol–water partition coefficient (Wildman–Crippen LogP) is 2.77. The van der Waals surface area contributed by atoms with Crippen molar-refractivity contribution in [2.24, 2.45) is 0 Å². The summed E-state index contributed by atoms with van der Waals surface area (Å²) in [6, 6.07) is 4.76. The number of amides is 1. The summed E-state index contributed by atoms with van der Waals surface area (Å²) in [6.07, 6.45) is 0. The Balaban J connectivity index is 2.33. The number of nitrogens with one attached hydrogen (secondary N) is 1. The van der Waals surface area contributed by atoms with Gasteiger partial charge in [-0.05, 0) is 12.1 Å². The molecule has 7 heteroatoms. The van der Waals surface area contributed by atoms with Crippen molar-refractivity contribution in [1.82, 2.24) is 0 Å². The van der Waals surface area contributed by atoms with E-state index in [4.69, 9.17) is 0 Å². The van der Waals surface area contributed by atoms with Gasteiger partial charge in [-0.25, -0.2) is 13.2 Å². The monoisotopic (exact) mass is 283 g/mol. The lowest BCUT2D eigenvalue weighted by Gasteiger charge is -2.09. The minimum atomic E-state index is -1.66. The van der Waals surface area contributed by atoms with Crippen molar-refractivity contribution >= 4 is 11.6 Å². The van der Waals surface area contributed by atoms with Crippen LogP contribution >= 0.6 is 0 Å². The van der Waals surface area contributed by atoms with E-state index in [1.54, 1.807) is 0 Å². The summed E-state index contributed by atoms with van der Waals surface area (Å²) < 4.78 is 38.7. The normalized spacial score (nSPS) is 10.3. The molecule has 0 spiro atoms. The second kappa shape index (κ2) is 5.12. The molecule has 0 radical (unpaired) electrons. The van der Waals surface area contributed by atoms with Crippen LogP contribution in [0.1, 0.15) is 10.4 Å². The van der Waals surface area contributed by atoms with E-state index in [-0.39, 0.29) is 5.69 Å². The van der Waals surface area contributed by atoms with Gasteiger partial charge in [-0.1, -0.05) is 6.07 Å². The van der Waals surface area contributed by atoms with Crippen LogP contribution in [0.3, 0.4) is 0 Å². The summed E-state index contributed by atoms with van der Waals surface area (Å²) in [7, 11) is 0. The van der Waals surface area contributed by atoms with Crippen LogP contribution in [-0.4, -0.2) is 16.1 Å². The van der Waals surface area contributed by atoms with E-state index in [1.165, 1.54) is 6.07 Å². The van der Waals surface area contributed by atoms with E-state index in [0.717, 1.165) is 12.1 Å². The third-order valence-electron chi connectivity index (χ3n) is 2.49. The number of rotatable bonds is 2. The lowest BCUT2D eigenvalue weighted by molar-refractivity contribution is 0.102. The van der Waals surface area contributed by atoms with Gasteiger partial charge in [0.1, 0.15) is 17.1 Å². The number of halogens is 3. The second-order valence-electron chi connectivity index (χ2n) is 3.88. The summed E-state index contributed by atoms with van der Waals surface area (Å²) in [5, 5.41) is 21.0. The summed E-state index contributed by atoms with van der Waals surface area (Å²) in [6.45, 7) is 0. The summed E-state index contributed by atoms with van der Waals surface area (Å²) in [4.78, 5) is 11.8. The number of carbonyl (C=O) groups is 1. The van der Waals surface area contributed by atoms with Crippen molar-refractivity contribution in [2.45, 2.75) is 0 Å². The molecule has 104 valence electrons. The number of benzene rings is 2. The van der Waals surface area contributed by atoms with Gasteiger partial charge < -0.3 is 15.5 Å². The van der Waals surface area contributed by atoms with Crippen LogP contribution < -0.4 is 5.32 Å². The fraction of sp³-hybridized carbons (Fsp3) is 0. The number of phenols is 2. The first-order valence-corrected chi connectivity index (χ1v) is 5.37. The van der Waals surface area contributed by atoms with Crippen molar-refractivity contribution in [3.8, 4) is 11.5 Å². The van der Waals surface area contributed by atoms with Crippen molar-refractivity contribution in [3.63, 3.8) is 0 Å². The zero-order valence-corrected chi connectivity index (χ0v) is 9.82. The Morgan fingerprint density at radius 2 is 1.50 bits per heavy atom. The van der Waals surface area contributed by atoms with Crippen molar-refractivity contribution in [1.29, 1.82) is 0 Å². The molecule has 0 fully saturated rings. The van der Waals surface area contributed by atoms with Gasteiger partial charge in [0.25, 0.3) is 5.91 Å². The Morgan fingerprint density at radius 3 is 2.00 bits per heavy atom. The lowest BCUT2D eigenvalue weighted by Crippen LogP contribution is -2.13. The molecular weight excluding hydrogens is 275 g/mol. The van der Waals surface area contributed by atoms with Gasteiger partial charge in [-0.15, -0.1) is 0 Å². The van der Waals surface area contributed by atoms with E-state index in [1.807, 2.05) is 5.32 Å². The number of hydrogen-bond acceptors (Lipinski definition) is 3. The van der Waals surface area contributed by atoms with E-state index in [2.05, 4.69) is 0 Å². The Hall–Kier alpha value is -2.70. The molecule has 0 aliphatic heterocycles. The molecule has 0 saturated carbocycles. The van der Waals surface area contributed by atoms with Crippen LogP contribution in [0.15, 0.2) is 30.3 Å². The van der Waals surface area contributed by atoms with E-state index in [0.29, 0.717) is 12.1 Å². The van der Waals surface area contributed by atoms with Crippen molar-refractivity contribution in [3.05, 3.63) is 53.3 Å². The van der Waals surface area contributed by atoms with Gasteiger partial charge in [0.15, 0.2) is 17.5 Å². The molecule has 0 atom stereocenters. The highest BCUT2D eigenvalue weighted by Crippen LogP contribution is 2.27. The molecule has 2 aromatic carbocycles. The SMILES string of the molecule is O=C(Nc1cc(F)c(F)c(F)c1)c1c(O)cccc1O. The fourth-order valence-corrected chi connectivity index (χ4v) is 1.58. The smallest absolute Gasteiger partial charge is 0.263 e. The minimum Gasteiger partial charge on any atom is -0.507 e. The summed E-state index contributed by atoms with van der Waals surface area (Å²) >= 11 is 0. The lowest BCUT2D eigenvalue weighted by atomic mass is 10.1. The first-order chi connectivity index (χ1) is 9.40. The molecule has 1 amide bonds. The first kappa shape index (κ1) is 13.7. The average molecular weight is 283 g/mol. The molecule has 0 unspecified atom stereocenters. The highest BCUT2D eigenvalue weighted by Gasteiger charge is 2.18. The highest BCUT2D eigenvalue weighted by atomic mass is 19.2. The molecule has 20 heavy (non-hydrogen) atoms. The molecule has 0 aliphatic rings. The molecule has 0 saturated heterocycles. The molecule has 0 aliphatic carbocycles. The zero-order valence-electron chi connectivity index (χ0n) is 9.82. The average Bonchev–Trinajstić information content (AvgIpc) is 2.35. The molecule has 4 nitrogen and oxygen atoms in total. The Morgan fingerprint density at radius 1 is 1.00 bits per heavy atom. The number of anilines is 1. The van der Waals surface area contributed by atoms with Crippen LogP contribution in [0, 0.1) is 17.5 Å². The number of carbonyl (C=O) groups excluding carboxylic acids is 1. The molecule has 2 aromatic rings. The third-order valence-corrected chi connectivity index (χ3v) is 2.49. The van der Waals surface area contributed by atoms with Crippen LogP contribution in [0.5, 0.6) is 11.5 Å². The standard InChI is InChI=1S/C13H8F3NO3/c14-7-4-6(5-8(15)12(7)16)17-13(20)11-9(18)2-1-3-10(11)19/h1-5,18-19H,(H,17,20).